The van der Waals surface area contributed by atoms with Crippen LogP contribution in [0.15, 0.2) is 41.3 Å². The van der Waals surface area contributed by atoms with Crippen molar-refractivity contribution in [3.8, 4) is 0 Å². The van der Waals surface area contributed by atoms with Gasteiger partial charge in [0.25, 0.3) is 0 Å². The fourth-order valence-corrected chi connectivity index (χ4v) is 1.10. The smallest absolute Gasteiger partial charge is 0.134 e. The van der Waals surface area contributed by atoms with Crippen LogP contribution in [0.25, 0.3) is 17.0 Å². The van der Waals surface area contributed by atoms with Crippen molar-refractivity contribution in [2.24, 2.45) is 0 Å². The van der Waals surface area contributed by atoms with E-state index in [1.54, 1.807) is 6.08 Å². The van der Waals surface area contributed by atoms with Crippen LogP contribution in [-0.4, -0.2) is 0 Å². The summed E-state index contributed by atoms with van der Waals surface area (Å²) in [7, 11) is 0. The molecule has 0 saturated heterocycles. The van der Waals surface area contributed by atoms with Crippen molar-refractivity contribution in [3.05, 3.63) is 42.7 Å². The Morgan fingerprint density at radius 3 is 2.82 bits per heavy atom. The zero-order chi connectivity index (χ0) is 7.68. The first-order valence-electron chi connectivity index (χ1n) is 3.51. The summed E-state index contributed by atoms with van der Waals surface area (Å²) in [6, 6.07) is 9.89. The third-order valence-corrected chi connectivity index (χ3v) is 1.65. The van der Waals surface area contributed by atoms with Crippen molar-refractivity contribution in [1.82, 2.24) is 0 Å². The second-order valence-electron chi connectivity index (χ2n) is 2.39. The van der Waals surface area contributed by atoms with Crippen LogP contribution in [0.1, 0.15) is 5.76 Å². The predicted molar refractivity (Wildman–Crippen MR) is 46.3 cm³/mol. The van der Waals surface area contributed by atoms with Crippen molar-refractivity contribution in [3.63, 3.8) is 0 Å². The first kappa shape index (κ1) is 6.23. The molecule has 0 N–H and O–H groups in total. The Balaban J connectivity index is 2.78. The molecule has 1 nitrogen and oxygen atoms in total. The number of benzene rings is 1. The average Bonchev–Trinajstić information content (AvgIpc) is 2.46. The highest BCUT2D eigenvalue weighted by atomic mass is 16.3. The summed E-state index contributed by atoms with van der Waals surface area (Å²) in [6.45, 7) is 3.63. The van der Waals surface area contributed by atoms with E-state index in [0.717, 1.165) is 16.7 Å². The molecule has 0 unspecified atom stereocenters. The molecule has 1 heterocycles. The van der Waals surface area contributed by atoms with Crippen LogP contribution in [0.3, 0.4) is 0 Å². The van der Waals surface area contributed by atoms with Gasteiger partial charge in [-0.3, -0.25) is 0 Å². The third-order valence-electron chi connectivity index (χ3n) is 1.65. The van der Waals surface area contributed by atoms with E-state index in [2.05, 4.69) is 6.58 Å². The van der Waals surface area contributed by atoms with Gasteiger partial charge in [0.05, 0.1) is 0 Å². The number of furan rings is 1. The predicted octanol–water partition coefficient (Wildman–Crippen LogP) is 3.08. The second-order valence-corrected chi connectivity index (χ2v) is 2.39. The quantitative estimate of drug-likeness (QED) is 0.599. The molecule has 1 aromatic carbocycles. The van der Waals surface area contributed by atoms with Crippen molar-refractivity contribution >= 4 is 17.0 Å². The molecule has 0 fully saturated rings. The van der Waals surface area contributed by atoms with Crippen LogP contribution in [0, 0.1) is 0 Å². The number of rotatable bonds is 1. The van der Waals surface area contributed by atoms with Gasteiger partial charge < -0.3 is 4.42 Å². The minimum Gasteiger partial charge on any atom is -0.457 e. The lowest BCUT2D eigenvalue weighted by Gasteiger charge is -1.82. The molecule has 0 aliphatic rings. The monoisotopic (exact) mass is 144 g/mol. The van der Waals surface area contributed by atoms with Crippen LogP contribution >= 0.6 is 0 Å². The molecular formula is C10H8O. The molecule has 1 heteroatoms. The molecule has 54 valence electrons. The molecule has 0 radical (unpaired) electrons. The van der Waals surface area contributed by atoms with E-state index in [9.17, 15) is 0 Å². The summed E-state index contributed by atoms with van der Waals surface area (Å²) < 4.78 is 5.40. The summed E-state index contributed by atoms with van der Waals surface area (Å²) in [5.41, 5.74) is 0.919. The van der Waals surface area contributed by atoms with E-state index < -0.39 is 0 Å². The van der Waals surface area contributed by atoms with E-state index in [1.807, 2.05) is 30.3 Å². The fourth-order valence-electron chi connectivity index (χ4n) is 1.10. The first-order chi connectivity index (χ1) is 5.40. The Labute approximate surface area is 64.9 Å². The summed E-state index contributed by atoms with van der Waals surface area (Å²) in [4.78, 5) is 0. The molecule has 0 amide bonds. The largest absolute Gasteiger partial charge is 0.457 e. The van der Waals surface area contributed by atoms with Crippen molar-refractivity contribution in [2.75, 3.05) is 0 Å². The van der Waals surface area contributed by atoms with Gasteiger partial charge in [-0.05, 0) is 18.2 Å². The lowest BCUT2D eigenvalue weighted by Crippen LogP contribution is -1.57. The number of para-hydroxylation sites is 1. The van der Waals surface area contributed by atoms with Crippen LogP contribution in [-0.2, 0) is 0 Å². The first-order valence-corrected chi connectivity index (χ1v) is 3.51. The van der Waals surface area contributed by atoms with Gasteiger partial charge in [-0.25, -0.2) is 0 Å². The molecule has 2 rings (SSSR count). The number of hydrogen-bond donors (Lipinski definition) is 0. The molecule has 0 saturated carbocycles. The molecule has 0 spiro atoms. The van der Waals surface area contributed by atoms with Crippen molar-refractivity contribution < 1.29 is 4.42 Å². The summed E-state index contributed by atoms with van der Waals surface area (Å²) in [6.07, 6.45) is 1.71. The highest BCUT2D eigenvalue weighted by molar-refractivity contribution is 5.79. The fraction of sp³-hybridized carbons (Fsp3) is 0. The molecular weight excluding hydrogens is 136 g/mol. The van der Waals surface area contributed by atoms with Gasteiger partial charge >= 0.3 is 0 Å². The van der Waals surface area contributed by atoms with Crippen LogP contribution < -0.4 is 0 Å². The molecule has 2 aromatic rings. The maximum Gasteiger partial charge on any atom is 0.134 e. The van der Waals surface area contributed by atoms with Crippen LogP contribution in [0.4, 0.5) is 0 Å². The van der Waals surface area contributed by atoms with Gasteiger partial charge in [-0.1, -0.05) is 24.8 Å². The second kappa shape index (κ2) is 2.27. The Bertz CT molecular complexity index is 351. The third kappa shape index (κ3) is 0.944. The lowest BCUT2D eigenvalue weighted by molar-refractivity contribution is 0.604. The van der Waals surface area contributed by atoms with Crippen LogP contribution in [0.5, 0.6) is 0 Å². The minimum absolute atomic E-state index is 0.825. The molecule has 1 aromatic heterocycles. The van der Waals surface area contributed by atoms with Crippen LogP contribution in [0.2, 0.25) is 0 Å². The maximum absolute atomic E-state index is 5.40. The molecule has 0 aliphatic carbocycles. The maximum atomic E-state index is 5.40. The van der Waals surface area contributed by atoms with Gasteiger partial charge in [0.15, 0.2) is 0 Å². The van der Waals surface area contributed by atoms with E-state index in [1.165, 1.54) is 0 Å². The zero-order valence-corrected chi connectivity index (χ0v) is 6.08. The highest BCUT2D eigenvalue weighted by Gasteiger charge is 1.96. The van der Waals surface area contributed by atoms with Crippen molar-refractivity contribution in [1.29, 1.82) is 0 Å². The standard InChI is InChI=1S/C10H8O/c1-2-9-7-8-5-3-4-6-10(8)11-9/h2-7H,1H2. The lowest BCUT2D eigenvalue weighted by atomic mass is 10.2. The van der Waals surface area contributed by atoms with Gasteiger partial charge in [-0.2, -0.15) is 0 Å². The SMILES string of the molecule is C=Cc1cc2ccccc2o1. The number of hydrogen-bond acceptors (Lipinski definition) is 1. The molecule has 0 aliphatic heterocycles. The Morgan fingerprint density at radius 2 is 2.09 bits per heavy atom. The summed E-state index contributed by atoms with van der Waals surface area (Å²) in [5, 5.41) is 1.13. The van der Waals surface area contributed by atoms with Gasteiger partial charge in [0.2, 0.25) is 0 Å². The van der Waals surface area contributed by atoms with E-state index in [4.69, 9.17) is 4.42 Å². The van der Waals surface area contributed by atoms with E-state index in [-0.39, 0.29) is 0 Å². The summed E-state index contributed by atoms with van der Waals surface area (Å²) >= 11 is 0. The number of fused-ring (bicyclic) bond motifs is 1. The minimum atomic E-state index is 0.825. The molecule has 0 bridgehead atoms. The van der Waals surface area contributed by atoms with E-state index >= 15 is 0 Å². The summed E-state index contributed by atoms with van der Waals surface area (Å²) in [5.74, 6) is 0.825. The highest BCUT2D eigenvalue weighted by Crippen LogP contribution is 2.18. The van der Waals surface area contributed by atoms with E-state index in [0.29, 0.717) is 0 Å². The Hall–Kier alpha value is -1.50. The molecule has 11 heavy (non-hydrogen) atoms. The van der Waals surface area contributed by atoms with Crippen molar-refractivity contribution in [2.45, 2.75) is 0 Å². The van der Waals surface area contributed by atoms with Gasteiger partial charge in [-0.15, -0.1) is 0 Å². The zero-order valence-electron chi connectivity index (χ0n) is 6.08. The Morgan fingerprint density at radius 1 is 1.27 bits per heavy atom. The Kier molecular flexibility index (Phi) is 1.29. The topological polar surface area (TPSA) is 13.1 Å². The van der Waals surface area contributed by atoms with Gasteiger partial charge in [0, 0.05) is 5.39 Å². The average molecular weight is 144 g/mol. The molecule has 0 atom stereocenters. The normalized spacial score (nSPS) is 10.2. The van der Waals surface area contributed by atoms with Gasteiger partial charge in [0.1, 0.15) is 11.3 Å².